The smallest absolute Gasteiger partial charge is 0.0636 e. The molecule has 1 atom stereocenters. The predicted octanol–water partition coefficient (Wildman–Crippen LogP) is 2.97. The van der Waals surface area contributed by atoms with Gasteiger partial charge in [0.1, 0.15) is 0 Å². The number of hydrogen-bond donors (Lipinski definition) is 1. The third-order valence-corrected chi connectivity index (χ3v) is 4.56. The summed E-state index contributed by atoms with van der Waals surface area (Å²) in [5.41, 5.74) is 4.34. The Bertz CT molecular complexity index is 452. The van der Waals surface area contributed by atoms with Crippen LogP contribution in [0.5, 0.6) is 0 Å². The Morgan fingerprint density at radius 3 is 2.80 bits per heavy atom. The molecule has 1 aromatic carbocycles. The molecule has 3 heteroatoms. The zero-order chi connectivity index (χ0) is 13.9. The van der Waals surface area contributed by atoms with Crippen molar-refractivity contribution in [1.29, 1.82) is 0 Å². The van der Waals surface area contributed by atoms with Gasteiger partial charge in [-0.05, 0) is 44.0 Å². The third kappa shape index (κ3) is 2.51. The Hall–Kier alpha value is -1.22. The molecule has 1 unspecified atom stereocenters. The Morgan fingerprint density at radius 2 is 2.05 bits per heavy atom. The summed E-state index contributed by atoms with van der Waals surface area (Å²) in [7, 11) is 0. The van der Waals surface area contributed by atoms with Crippen LogP contribution in [-0.2, 0) is 6.42 Å². The summed E-state index contributed by atoms with van der Waals surface area (Å²) in [6, 6.07) is 7.44. The van der Waals surface area contributed by atoms with E-state index in [0.717, 1.165) is 13.1 Å². The lowest BCUT2D eigenvalue weighted by Crippen LogP contribution is -2.51. The van der Waals surface area contributed by atoms with E-state index in [-0.39, 0.29) is 0 Å². The van der Waals surface area contributed by atoms with Crippen molar-refractivity contribution in [3.05, 3.63) is 23.8 Å². The highest BCUT2D eigenvalue weighted by Crippen LogP contribution is 2.37. The van der Waals surface area contributed by atoms with E-state index in [1.807, 2.05) is 0 Å². The van der Waals surface area contributed by atoms with E-state index in [2.05, 4.69) is 47.2 Å². The summed E-state index contributed by atoms with van der Waals surface area (Å²) in [4.78, 5) is 5.31. The van der Waals surface area contributed by atoms with Crippen LogP contribution in [0.25, 0.3) is 0 Å². The molecule has 110 valence electrons. The Labute approximate surface area is 123 Å². The van der Waals surface area contributed by atoms with Crippen LogP contribution in [0.15, 0.2) is 18.2 Å². The van der Waals surface area contributed by atoms with Gasteiger partial charge in [0.25, 0.3) is 0 Å². The summed E-state index contributed by atoms with van der Waals surface area (Å²) in [5.74, 6) is 0. The maximum atomic E-state index is 3.54. The van der Waals surface area contributed by atoms with E-state index in [1.165, 1.54) is 55.8 Å². The number of para-hydroxylation sites is 1. The quantitative estimate of drug-likeness (QED) is 0.890. The maximum absolute atomic E-state index is 3.54. The molecule has 2 heterocycles. The predicted molar refractivity (Wildman–Crippen MR) is 86.8 cm³/mol. The van der Waals surface area contributed by atoms with Crippen molar-refractivity contribution in [3.63, 3.8) is 0 Å². The average molecular weight is 273 g/mol. The van der Waals surface area contributed by atoms with Crippen molar-refractivity contribution < 1.29 is 0 Å². The van der Waals surface area contributed by atoms with Crippen LogP contribution in [0.3, 0.4) is 0 Å². The Kier molecular flexibility index (Phi) is 4.16. The number of benzene rings is 1. The number of anilines is 2. The summed E-state index contributed by atoms with van der Waals surface area (Å²) < 4.78 is 0. The number of hydrogen-bond acceptors (Lipinski definition) is 3. The van der Waals surface area contributed by atoms with Crippen molar-refractivity contribution in [3.8, 4) is 0 Å². The molecule has 0 amide bonds. The minimum atomic E-state index is 0.691. The normalized spacial score (nSPS) is 20.8. The summed E-state index contributed by atoms with van der Waals surface area (Å²) >= 11 is 0. The molecule has 0 spiro atoms. The van der Waals surface area contributed by atoms with Gasteiger partial charge in [-0.15, -0.1) is 0 Å². The SMILES string of the molecule is CCCN(CCC)C1Cc2cccc3c2N(CCN3)C1. The fourth-order valence-electron chi connectivity index (χ4n) is 3.76. The van der Waals surface area contributed by atoms with Crippen molar-refractivity contribution in [1.82, 2.24) is 4.90 Å². The van der Waals surface area contributed by atoms with Crippen molar-refractivity contribution in [2.45, 2.75) is 39.2 Å². The fraction of sp³-hybridized carbons (Fsp3) is 0.647. The van der Waals surface area contributed by atoms with Gasteiger partial charge in [0.2, 0.25) is 0 Å². The molecule has 3 rings (SSSR count). The van der Waals surface area contributed by atoms with E-state index in [9.17, 15) is 0 Å². The van der Waals surface area contributed by atoms with Gasteiger partial charge in [-0.1, -0.05) is 26.0 Å². The van der Waals surface area contributed by atoms with Gasteiger partial charge in [-0.25, -0.2) is 0 Å². The molecule has 1 N–H and O–H groups in total. The summed E-state index contributed by atoms with van der Waals surface area (Å²) in [6.07, 6.45) is 3.72. The van der Waals surface area contributed by atoms with Crippen molar-refractivity contribution in [2.75, 3.05) is 42.9 Å². The second-order valence-corrected chi connectivity index (χ2v) is 6.08. The Balaban J connectivity index is 1.85. The van der Waals surface area contributed by atoms with Crippen LogP contribution in [0, 0.1) is 0 Å². The first kappa shape index (κ1) is 13.7. The molecule has 0 aromatic heterocycles. The molecule has 0 saturated heterocycles. The lowest BCUT2D eigenvalue weighted by molar-refractivity contribution is 0.192. The van der Waals surface area contributed by atoms with Gasteiger partial charge in [-0.2, -0.15) is 0 Å². The van der Waals surface area contributed by atoms with Gasteiger partial charge >= 0.3 is 0 Å². The van der Waals surface area contributed by atoms with E-state index in [1.54, 1.807) is 0 Å². The fourth-order valence-corrected chi connectivity index (χ4v) is 3.76. The van der Waals surface area contributed by atoms with Gasteiger partial charge in [0, 0.05) is 25.7 Å². The van der Waals surface area contributed by atoms with Crippen molar-refractivity contribution in [2.24, 2.45) is 0 Å². The molecular formula is C17H27N3. The lowest BCUT2D eigenvalue weighted by atomic mass is 9.94. The molecule has 2 aliphatic rings. The first-order valence-electron chi connectivity index (χ1n) is 8.18. The first-order chi connectivity index (χ1) is 9.83. The molecule has 0 radical (unpaired) electrons. The molecule has 2 aliphatic heterocycles. The molecule has 0 fully saturated rings. The van der Waals surface area contributed by atoms with Gasteiger partial charge in [0.15, 0.2) is 0 Å². The van der Waals surface area contributed by atoms with Crippen LogP contribution in [0.2, 0.25) is 0 Å². The minimum Gasteiger partial charge on any atom is -0.382 e. The topological polar surface area (TPSA) is 18.5 Å². The average Bonchev–Trinajstić information content (AvgIpc) is 2.47. The Morgan fingerprint density at radius 1 is 1.25 bits per heavy atom. The molecule has 0 saturated carbocycles. The minimum absolute atomic E-state index is 0.691. The second-order valence-electron chi connectivity index (χ2n) is 6.08. The zero-order valence-electron chi connectivity index (χ0n) is 12.9. The third-order valence-electron chi connectivity index (χ3n) is 4.56. The second kappa shape index (κ2) is 6.04. The number of rotatable bonds is 5. The molecule has 0 aliphatic carbocycles. The van der Waals surface area contributed by atoms with Crippen LogP contribution >= 0.6 is 0 Å². The molecular weight excluding hydrogens is 246 g/mol. The van der Waals surface area contributed by atoms with Crippen molar-refractivity contribution >= 4 is 11.4 Å². The zero-order valence-corrected chi connectivity index (χ0v) is 12.9. The largest absolute Gasteiger partial charge is 0.382 e. The van der Waals surface area contributed by atoms with E-state index in [0.29, 0.717) is 6.04 Å². The monoisotopic (exact) mass is 273 g/mol. The van der Waals surface area contributed by atoms with E-state index >= 15 is 0 Å². The van der Waals surface area contributed by atoms with E-state index in [4.69, 9.17) is 0 Å². The van der Waals surface area contributed by atoms with Gasteiger partial charge in [-0.3, -0.25) is 4.90 Å². The van der Waals surface area contributed by atoms with Crippen LogP contribution in [0.4, 0.5) is 11.4 Å². The van der Waals surface area contributed by atoms with Crippen LogP contribution in [-0.4, -0.2) is 43.7 Å². The highest BCUT2D eigenvalue weighted by molar-refractivity contribution is 5.76. The van der Waals surface area contributed by atoms with Crippen LogP contribution in [0.1, 0.15) is 32.3 Å². The standard InChI is InChI=1S/C17H27N3/c1-3-9-19(10-4-2)15-12-14-6-5-7-16-17(14)20(13-15)11-8-18-16/h5-7,15,18H,3-4,8-13H2,1-2H3. The first-order valence-corrected chi connectivity index (χ1v) is 8.18. The maximum Gasteiger partial charge on any atom is 0.0636 e. The van der Waals surface area contributed by atoms with E-state index < -0.39 is 0 Å². The highest BCUT2D eigenvalue weighted by Gasteiger charge is 2.30. The molecule has 20 heavy (non-hydrogen) atoms. The number of nitrogens with zero attached hydrogens (tertiary/aromatic N) is 2. The summed E-state index contributed by atoms with van der Waals surface area (Å²) in [6.45, 7) is 10.5. The lowest BCUT2D eigenvalue weighted by Gasteiger charge is -2.44. The summed E-state index contributed by atoms with van der Waals surface area (Å²) in [5, 5.41) is 3.54. The molecule has 0 bridgehead atoms. The molecule has 1 aromatic rings. The number of nitrogens with one attached hydrogen (secondary N) is 1. The highest BCUT2D eigenvalue weighted by atomic mass is 15.3. The van der Waals surface area contributed by atoms with Gasteiger partial charge < -0.3 is 10.2 Å². The van der Waals surface area contributed by atoms with Gasteiger partial charge in [0.05, 0.1) is 11.4 Å². The van der Waals surface area contributed by atoms with Crippen LogP contribution < -0.4 is 10.2 Å². The molecule has 3 nitrogen and oxygen atoms in total.